The number of nitrogens with two attached hydrogens (primary N) is 1. The SMILES string of the molecule is CC1CCN(C(=O)n2nc(N)c3ccccc32)CC1. The van der Waals surface area contributed by atoms with Crippen molar-refractivity contribution in [3.63, 3.8) is 0 Å². The Bertz CT molecular complexity index is 611. The van der Waals surface area contributed by atoms with Gasteiger partial charge in [-0.3, -0.25) is 0 Å². The van der Waals surface area contributed by atoms with Crippen LogP contribution in [0, 0.1) is 5.92 Å². The van der Waals surface area contributed by atoms with Gasteiger partial charge < -0.3 is 10.6 Å². The number of hydrogen-bond acceptors (Lipinski definition) is 3. The number of piperidine rings is 1. The molecule has 0 atom stereocenters. The minimum Gasteiger partial charge on any atom is -0.382 e. The molecule has 0 aliphatic carbocycles. The molecule has 2 N–H and O–H groups in total. The Morgan fingerprint density at radius 1 is 1.32 bits per heavy atom. The van der Waals surface area contributed by atoms with Crippen molar-refractivity contribution in [2.45, 2.75) is 19.8 Å². The van der Waals surface area contributed by atoms with Crippen LogP contribution in [0.1, 0.15) is 19.8 Å². The van der Waals surface area contributed by atoms with Crippen molar-refractivity contribution < 1.29 is 4.79 Å². The Hall–Kier alpha value is -2.04. The predicted molar refractivity (Wildman–Crippen MR) is 74.9 cm³/mol. The van der Waals surface area contributed by atoms with E-state index in [-0.39, 0.29) is 6.03 Å². The molecular formula is C14H18N4O. The summed E-state index contributed by atoms with van der Waals surface area (Å²) >= 11 is 0. The summed E-state index contributed by atoms with van der Waals surface area (Å²) < 4.78 is 1.43. The molecule has 0 bridgehead atoms. The first-order valence-electron chi connectivity index (χ1n) is 6.69. The van der Waals surface area contributed by atoms with Gasteiger partial charge in [-0.15, -0.1) is 5.10 Å². The van der Waals surface area contributed by atoms with E-state index >= 15 is 0 Å². The molecule has 2 aromatic rings. The molecule has 1 saturated heterocycles. The lowest BCUT2D eigenvalue weighted by molar-refractivity contribution is 0.173. The molecule has 1 aromatic heterocycles. The Morgan fingerprint density at radius 2 is 2.00 bits per heavy atom. The molecule has 0 unspecified atom stereocenters. The summed E-state index contributed by atoms with van der Waals surface area (Å²) in [5.41, 5.74) is 6.64. The van der Waals surface area contributed by atoms with Crippen LogP contribution in [-0.4, -0.2) is 33.8 Å². The third kappa shape index (κ3) is 2.05. The van der Waals surface area contributed by atoms with Gasteiger partial charge in [-0.1, -0.05) is 19.1 Å². The monoisotopic (exact) mass is 258 g/mol. The van der Waals surface area contributed by atoms with E-state index in [1.165, 1.54) is 4.68 Å². The van der Waals surface area contributed by atoms with Gasteiger partial charge in [0, 0.05) is 18.5 Å². The number of hydrogen-bond donors (Lipinski definition) is 1. The van der Waals surface area contributed by atoms with Gasteiger partial charge in [0.15, 0.2) is 5.82 Å². The molecule has 2 heterocycles. The maximum absolute atomic E-state index is 12.5. The Balaban J connectivity index is 1.94. The Morgan fingerprint density at radius 3 is 2.74 bits per heavy atom. The van der Waals surface area contributed by atoms with Crippen LogP contribution in [0.5, 0.6) is 0 Å². The largest absolute Gasteiger partial charge is 0.382 e. The molecule has 0 radical (unpaired) electrons. The van der Waals surface area contributed by atoms with Gasteiger partial charge in [-0.05, 0) is 30.9 Å². The summed E-state index contributed by atoms with van der Waals surface area (Å²) in [6.45, 7) is 3.82. The molecule has 19 heavy (non-hydrogen) atoms. The number of nitrogen functional groups attached to an aromatic ring is 1. The molecule has 1 amide bonds. The number of likely N-dealkylation sites (tertiary alicyclic amines) is 1. The molecule has 1 aliphatic rings. The summed E-state index contributed by atoms with van der Waals surface area (Å²) in [5.74, 6) is 1.11. The zero-order valence-corrected chi connectivity index (χ0v) is 11.0. The van der Waals surface area contributed by atoms with Crippen LogP contribution < -0.4 is 5.73 Å². The minimum atomic E-state index is -0.0696. The van der Waals surface area contributed by atoms with Crippen LogP contribution in [0.25, 0.3) is 10.9 Å². The standard InChI is InChI=1S/C14H18N4O/c1-10-6-8-17(9-7-10)14(19)18-12-5-3-2-4-11(12)13(15)16-18/h2-5,10H,6-9H2,1H3,(H2,15,16). The number of para-hydroxylation sites is 1. The number of anilines is 1. The lowest BCUT2D eigenvalue weighted by Crippen LogP contribution is -2.40. The number of rotatable bonds is 0. The van der Waals surface area contributed by atoms with Crippen molar-refractivity contribution in [3.8, 4) is 0 Å². The maximum atomic E-state index is 12.5. The van der Waals surface area contributed by atoms with E-state index in [1.54, 1.807) is 0 Å². The molecule has 1 aliphatic heterocycles. The van der Waals surface area contributed by atoms with Gasteiger partial charge in [0.25, 0.3) is 0 Å². The fourth-order valence-corrected chi connectivity index (χ4v) is 2.57. The summed E-state index contributed by atoms with van der Waals surface area (Å²) in [5, 5.41) is 5.02. The highest BCUT2D eigenvalue weighted by Gasteiger charge is 2.23. The average molecular weight is 258 g/mol. The fraction of sp³-hybridized carbons (Fsp3) is 0.429. The van der Waals surface area contributed by atoms with E-state index in [0.29, 0.717) is 11.7 Å². The first-order valence-corrected chi connectivity index (χ1v) is 6.69. The zero-order chi connectivity index (χ0) is 13.4. The number of benzene rings is 1. The van der Waals surface area contributed by atoms with E-state index in [1.807, 2.05) is 29.2 Å². The second-order valence-corrected chi connectivity index (χ2v) is 5.27. The van der Waals surface area contributed by atoms with Gasteiger partial charge >= 0.3 is 6.03 Å². The van der Waals surface area contributed by atoms with Gasteiger partial charge in [0.05, 0.1) is 5.52 Å². The normalized spacial score (nSPS) is 17.0. The quantitative estimate of drug-likeness (QED) is 0.788. The van der Waals surface area contributed by atoms with E-state index in [9.17, 15) is 4.79 Å². The first kappa shape index (κ1) is 12.0. The van der Waals surface area contributed by atoms with E-state index in [0.717, 1.165) is 36.8 Å². The van der Waals surface area contributed by atoms with Crippen molar-refractivity contribution in [1.82, 2.24) is 14.7 Å². The summed E-state index contributed by atoms with van der Waals surface area (Å²) in [6.07, 6.45) is 2.11. The molecule has 5 heteroatoms. The number of amides is 1. The highest BCUT2D eigenvalue weighted by atomic mass is 16.2. The fourth-order valence-electron chi connectivity index (χ4n) is 2.57. The van der Waals surface area contributed by atoms with Gasteiger partial charge in [0.2, 0.25) is 0 Å². The van der Waals surface area contributed by atoms with E-state index in [4.69, 9.17) is 5.73 Å². The van der Waals surface area contributed by atoms with Crippen LogP contribution in [0.4, 0.5) is 10.6 Å². The first-order chi connectivity index (χ1) is 9.16. The lowest BCUT2D eigenvalue weighted by atomic mass is 10.00. The average Bonchev–Trinajstić information content (AvgIpc) is 2.77. The number of carbonyl (C=O) groups excluding carboxylic acids is 1. The van der Waals surface area contributed by atoms with Crippen LogP contribution in [0.3, 0.4) is 0 Å². The van der Waals surface area contributed by atoms with Crippen LogP contribution in [0.2, 0.25) is 0 Å². The number of aromatic nitrogens is 2. The molecule has 100 valence electrons. The minimum absolute atomic E-state index is 0.0696. The van der Waals surface area contributed by atoms with Crippen molar-refractivity contribution in [2.75, 3.05) is 18.8 Å². The number of nitrogens with zero attached hydrogens (tertiary/aromatic N) is 3. The molecule has 1 aromatic carbocycles. The summed E-state index contributed by atoms with van der Waals surface area (Å²) in [7, 11) is 0. The zero-order valence-electron chi connectivity index (χ0n) is 11.0. The lowest BCUT2D eigenvalue weighted by Gasteiger charge is -2.29. The van der Waals surface area contributed by atoms with Gasteiger partial charge in [-0.25, -0.2) is 4.79 Å². The van der Waals surface area contributed by atoms with E-state index < -0.39 is 0 Å². The van der Waals surface area contributed by atoms with Crippen LogP contribution >= 0.6 is 0 Å². The summed E-state index contributed by atoms with van der Waals surface area (Å²) in [6, 6.07) is 7.49. The predicted octanol–water partition coefficient (Wildman–Crippen LogP) is 2.32. The molecule has 0 spiro atoms. The van der Waals surface area contributed by atoms with Crippen LogP contribution in [0.15, 0.2) is 24.3 Å². The molecule has 0 saturated carbocycles. The van der Waals surface area contributed by atoms with E-state index in [2.05, 4.69) is 12.0 Å². The second-order valence-electron chi connectivity index (χ2n) is 5.27. The van der Waals surface area contributed by atoms with Crippen molar-refractivity contribution >= 4 is 22.8 Å². The maximum Gasteiger partial charge on any atom is 0.345 e. The number of fused-ring (bicyclic) bond motifs is 1. The number of carbonyl (C=O) groups is 1. The smallest absolute Gasteiger partial charge is 0.345 e. The Kier molecular flexibility index (Phi) is 2.89. The third-order valence-corrected chi connectivity index (χ3v) is 3.85. The molecular weight excluding hydrogens is 240 g/mol. The highest BCUT2D eigenvalue weighted by Crippen LogP contribution is 2.22. The van der Waals surface area contributed by atoms with Gasteiger partial charge in [-0.2, -0.15) is 4.68 Å². The van der Waals surface area contributed by atoms with Crippen molar-refractivity contribution in [2.24, 2.45) is 5.92 Å². The molecule has 1 fully saturated rings. The summed E-state index contributed by atoms with van der Waals surface area (Å²) in [4.78, 5) is 14.4. The van der Waals surface area contributed by atoms with Crippen molar-refractivity contribution in [3.05, 3.63) is 24.3 Å². The molecule has 5 nitrogen and oxygen atoms in total. The second kappa shape index (κ2) is 4.57. The topological polar surface area (TPSA) is 64.2 Å². The Labute approximate surface area is 112 Å². The highest BCUT2D eigenvalue weighted by molar-refractivity contribution is 5.95. The van der Waals surface area contributed by atoms with Crippen LogP contribution in [-0.2, 0) is 0 Å². The molecule has 3 rings (SSSR count). The van der Waals surface area contributed by atoms with Gasteiger partial charge in [0.1, 0.15) is 0 Å². The van der Waals surface area contributed by atoms with Crippen molar-refractivity contribution in [1.29, 1.82) is 0 Å². The third-order valence-electron chi connectivity index (χ3n) is 3.85.